The third kappa shape index (κ3) is 2.93. The molecule has 4 nitrogen and oxygen atoms in total. The molecule has 4 heteroatoms. The molecule has 1 atom stereocenters. The number of hydrogen-bond donors (Lipinski definition) is 0. The summed E-state index contributed by atoms with van der Waals surface area (Å²) in [5, 5.41) is 0. The first-order chi connectivity index (χ1) is 10.3. The van der Waals surface area contributed by atoms with Gasteiger partial charge in [-0.15, -0.1) is 0 Å². The molecule has 0 spiro atoms. The third-order valence-corrected chi connectivity index (χ3v) is 4.66. The second-order valence-electron chi connectivity index (χ2n) is 6.53. The summed E-state index contributed by atoms with van der Waals surface area (Å²) < 4.78 is 16.4. The van der Waals surface area contributed by atoms with E-state index < -0.39 is 0 Å². The normalized spacial score (nSPS) is 21.5. The predicted molar refractivity (Wildman–Crippen MR) is 89.1 cm³/mol. The lowest BCUT2D eigenvalue weighted by molar-refractivity contribution is 0.0750. The van der Waals surface area contributed by atoms with Gasteiger partial charge >= 0.3 is 0 Å². The van der Waals surface area contributed by atoms with Crippen molar-refractivity contribution in [2.45, 2.75) is 38.3 Å². The molecule has 0 amide bonds. The molecule has 0 saturated carbocycles. The molecule has 1 aromatic carbocycles. The average Bonchev–Trinajstić information content (AvgIpc) is 2.48. The van der Waals surface area contributed by atoms with Crippen LogP contribution >= 0.6 is 0 Å². The molecular weight excluding hydrogens is 278 g/mol. The van der Waals surface area contributed by atoms with Crippen LogP contribution in [0.2, 0.25) is 0 Å². The van der Waals surface area contributed by atoms with Gasteiger partial charge in [-0.05, 0) is 51.4 Å². The molecule has 1 heterocycles. The molecular formula is C18H27NO3. The summed E-state index contributed by atoms with van der Waals surface area (Å²) in [5.41, 5.74) is 2.52. The van der Waals surface area contributed by atoms with E-state index in [0.29, 0.717) is 17.2 Å². The van der Waals surface area contributed by atoms with Gasteiger partial charge in [0, 0.05) is 11.6 Å². The van der Waals surface area contributed by atoms with Crippen molar-refractivity contribution in [3.63, 3.8) is 0 Å². The maximum absolute atomic E-state index is 5.48. The zero-order valence-corrected chi connectivity index (χ0v) is 14.5. The Bertz CT molecular complexity index is 540. The van der Waals surface area contributed by atoms with Crippen molar-refractivity contribution in [3.8, 4) is 17.2 Å². The molecule has 1 fully saturated rings. The predicted octanol–water partition coefficient (Wildman–Crippen LogP) is 3.81. The van der Waals surface area contributed by atoms with Gasteiger partial charge in [-0.25, -0.2) is 0 Å². The second-order valence-corrected chi connectivity index (χ2v) is 6.53. The molecule has 0 bridgehead atoms. The first kappa shape index (κ1) is 16.7. The van der Waals surface area contributed by atoms with Crippen LogP contribution in [0.1, 0.15) is 38.3 Å². The summed E-state index contributed by atoms with van der Waals surface area (Å²) >= 11 is 0. The highest BCUT2D eigenvalue weighted by Gasteiger charge is 2.36. The Labute approximate surface area is 133 Å². The number of nitrogens with zero attached hydrogens (tertiary/aromatic N) is 1. The smallest absolute Gasteiger partial charge is 0.203 e. The summed E-state index contributed by atoms with van der Waals surface area (Å²) in [7, 11) is 7.08. The van der Waals surface area contributed by atoms with Crippen LogP contribution in [0.3, 0.4) is 0 Å². The van der Waals surface area contributed by atoms with E-state index in [0.717, 1.165) is 18.4 Å². The molecule has 1 aliphatic heterocycles. The van der Waals surface area contributed by atoms with Gasteiger partial charge in [0.15, 0.2) is 11.5 Å². The maximum atomic E-state index is 5.48. The van der Waals surface area contributed by atoms with Crippen LogP contribution in [0.15, 0.2) is 24.3 Å². The summed E-state index contributed by atoms with van der Waals surface area (Å²) in [6.45, 7) is 8.73. The van der Waals surface area contributed by atoms with Crippen molar-refractivity contribution < 1.29 is 14.2 Å². The summed E-state index contributed by atoms with van der Waals surface area (Å²) in [4.78, 5) is 2.41. The van der Waals surface area contributed by atoms with Crippen molar-refractivity contribution in [2.24, 2.45) is 0 Å². The molecule has 22 heavy (non-hydrogen) atoms. The lowest BCUT2D eigenvalue weighted by Crippen LogP contribution is -2.47. The molecule has 1 aliphatic rings. The largest absolute Gasteiger partial charge is 0.493 e. The van der Waals surface area contributed by atoms with Crippen LogP contribution in [0.4, 0.5) is 0 Å². The number of likely N-dealkylation sites (tertiary alicyclic amines) is 1. The quantitative estimate of drug-likeness (QED) is 0.791. The number of piperidine rings is 1. The van der Waals surface area contributed by atoms with E-state index in [1.165, 1.54) is 5.57 Å². The number of benzene rings is 1. The van der Waals surface area contributed by atoms with E-state index >= 15 is 0 Å². The fourth-order valence-corrected chi connectivity index (χ4v) is 3.28. The van der Waals surface area contributed by atoms with Gasteiger partial charge in [0.05, 0.1) is 21.3 Å². The Kier molecular flexibility index (Phi) is 4.71. The monoisotopic (exact) mass is 305 g/mol. The molecule has 1 aromatic rings. The minimum Gasteiger partial charge on any atom is -0.493 e. The number of ether oxygens (including phenoxy) is 3. The Morgan fingerprint density at radius 3 is 2.09 bits per heavy atom. The molecule has 2 rings (SSSR count). The lowest BCUT2D eigenvalue weighted by Gasteiger charge is -2.46. The Balaban J connectivity index is 2.49. The average molecular weight is 305 g/mol. The van der Waals surface area contributed by atoms with E-state index in [1.54, 1.807) is 21.3 Å². The van der Waals surface area contributed by atoms with Gasteiger partial charge in [0.2, 0.25) is 5.75 Å². The van der Waals surface area contributed by atoms with Crippen LogP contribution in [0.5, 0.6) is 17.2 Å². The first-order valence-corrected chi connectivity index (χ1v) is 7.53. The van der Waals surface area contributed by atoms with Crippen molar-refractivity contribution in [2.75, 3.05) is 28.4 Å². The topological polar surface area (TPSA) is 30.9 Å². The fourth-order valence-electron chi connectivity index (χ4n) is 3.28. The standard InChI is InChI=1S/C18H27NO3/c1-12-8-14(19(4)18(2,3)11-12)13-9-15(20-5)17(22-7)16(10-13)21-6/h9-10,14H,1,8,11H2,2-7H3. The number of methoxy groups -OCH3 is 3. The number of hydrogen-bond acceptors (Lipinski definition) is 4. The fraction of sp³-hybridized carbons (Fsp3) is 0.556. The van der Waals surface area contributed by atoms with Crippen molar-refractivity contribution in [3.05, 3.63) is 29.8 Å². The third-order valence-electron chi connectivity index (χ3n) is 4.66. The van der Waals surface area contributed by atoms with E-state index in [1.807, 2.05) is 12.1 Å². The van der Waals surface area contributed by atoms with Gasteiger partial charge < -0.3 is 14.2 Å². The minimum absolute atomic E-state index is 0.0837. The zero-order valence-electron chi connectivity index (χ0n) is 14.5. The van der Waals surface area contributed by atoms with Crippen LogP contribution in [0.25, 0.3) is 0 Å². The van der Waals surface area contributed by atoms with Crippen molar-refractivity contribution in [1.82, 2.24) is 4.90 Å². The Hall–Kier alpha value is -1.68. The van der Waals surface area contributed by atoms with E-state index in [4.69, 9.17) is 14.2 Å². The lowest BCUT2D eigenvalue weighted by atomic mass is 9.81. The molecule has 0 aromatic heterocycles. The zero-order chi connectivity index (χ0) is 16.5. The highest BCUT2D eigenvalue weighted by Crippen LogP contribution is 2.45. The van der Waals surface area contributed by atoms with Gasteiger partial charge in [-0.3, -0.25) is 4.90 Å². The van der Waals surface area contributed by atoms with Gasteiger partial charge in [0.1, 0.15) is 0 Å². The molecule has 1 saturated heterocycles. The SMILES string of the molecule is C=C1CC(c2cc(OC)c(OC)c(OC)c2)N(C)C(C)(C)C1. The Morgan fingerprint density at radius 1 is 1.09 bits per heavy atom. The van der Waals surface area contributed by atoms with Crippen LogP contribution in [-0.4, -0.2) is 38.8 Å². The molecule has 1 unspecified atom stereocenters. The van der Waals surface area contributed by atoms with Crippen molar-refractivity contribution in [1.29, 1.82) is 0 Å². The van der Waals surface area contributed by atoms with Gasteiger partial charge in [-0.2, -0.15) is 0 Å². The minimum atomic E-state index is 0.0837. The Morgan fingerprint density at radius 2 is 1.64 bits per heavy atom. The van der Waals surface area contributed by atoms with Crippen LogP contribution in [-0.2, 0) is 0 Å². The summed E-state index contributed by atoms with van der Waals surface area (Å²) in [6, 6.07) is 4.33. The molecule has 0 N–H and O–H groups in total. The van der Waals surface area contributed by atoms with Crippen LogP contribution < -0.4 is 14.2 Å². The van der Waals surface area contributed by atoms with Crippen molar-refractivity contribution >= 4 is 0 Å². The van der Waals surface area contributed by atoms with E-state index in [-0.39, 0.29) is 11.6 Å². The second kappa shape index (κ2) is 6.21. The number of rotatable bonds is 4. The van der Waals surface area contributed by atoms with Gasteiger partial charge in [-0.1, -0.05) is 12.2 Å². The summed E-state index contributed by atoms with van der Waals surface area (Å²) in [6.07, 6.45) is 1.96. The highest BCUT2D eigenvalue weighted by atomic mass is 16.5. The molecule has 0 aliphatic carbocycles. The van der Waals surface area contributed by atoms with E-state index in [9.17, 15) is 0 Å². The first-order valence-electron chi connectivity index (χ1n) is 7.53. The molecule has 0 radical (unpaired) electrons. The van der Waals surface area contributed by atoms with E-state index in [2.05, 4.69) is 32.4 Å². The summed E-state index contributed by atoms with van der Waals surface area (Å²) in [5.74, 6) is 2.02. The van der Waals surface area contributed by atoms with Crippen LogP contribution in [0, 0.1) is 0 Å². The van der Waals surface area contributed by atoms with Gasteiger partial charge in [0.25, 0.3) is 0 Å². The molecule has 122 valence electrons. The highest BCUT2D eigenvalue weighted by molar-refractivity contribution is 5.54. The maximum Gasteiger partial charge on any atom is 0.203 e.